The molecule has 0 saturated heterocycles. The van der Waals surface area contributed by atoms with E-state index in [2.05, 4.69) is 35.7 Å². The monoisotopic (exact) mass is 494 g/mol. The molecule has 4 aromatic rings. The molecule has 0 spiro atoms. The zero-order valence-electron chi connectivity index (χ0n) is 21.3. The molecule has 188 valence electrons. The van der Waals surface area contributed by atoms with Crippen LogP contribution in [0.5, 0.6) is 5.75 Å². The van der Waals surface area contributed by atoms with Crippen LogP contribution < -0.4 is 4.74 Å². The van der Waals surface area contributed by atoms with Gasteiger partial charge in [0.05, 0.1) is 43.0 Å². The molecular formula is C29H30N6O2. The third kappa shape index (κ3) is 4.60. The molecule has 0 radical (unpaired) electrons. The number of rotatable bonds is 7. The van der Waals surface area contributed by atoms with Crippen LogP contribution in [0, 0.1) is 17.2 Å². The molecule has 3 heterocycles. The maximum absolute atomic E-state index is 14.0. The number of hydrogen-bond donors (Lipinski definition) is 0. The summed E-state index contributed by atoms with van der Waals surface area (Å²) in [5.74, 6) is 1.83. The lowest BCUT2D eigenvalue weighted by atomic mass is 9.95. The zero-order chi connectivity index (χ0) is 25.9. The first-order valence-electron chi connectivity index (χ1n) is 12.5. The Balaban J connectivity index is 1.46. The van der Waals surface area contributed by atoms with Crippen LogP contribution in [0.2, 0.25) is 0 Å². The summed E-state index contributed by atoms with van der Waals surface area (Å²) in [6.07, 6.45) is 6.31. The highest BCUT2D eigenvalue weighted by atomic mass is 16.5. The van der Waals surface area contributed by atoms with E-state index in [1.165, 1.54) is 0 Å². The van der Waals surface area contributed by atoms with Crippen molar-refractivity contribution in [3.05, 3.63) is 89.9 Å². The summed E-state index contributed by atoms with van der Waals surface area (Å²) in [5, 5.41) is 9.07. The Hall–Kier alpha value is -4.38. The first-order chi connectivity index (χ1) is 18.0. The number of ether oxygens (including phenoxy) is 1. The molecule has 0 N–H and O–H groups in total. The number of imidazole rings is 2. The second-order valence-electron chi connectivity index (χ2n) is 9.42. The van der Waals surface area contributed by atoms with Crippen molar-refractivity contribution in [2.24, 2.45) is 5.92 Å². The average Bonchev–Trinajstić information content (AvgIpc) is 3.59. The van der Waals surface area contributed by atoms with E-state index in [0.717, 1.165) is 34.8 Å². The Kier molecular flexibility index (Phi) is 6.78. The Morgan fingerprint density at radius 1 is 1.19 bits per heavy atom. The fourth-order valence-electron chi connectivity index (χ4n) is 4.99. The van der Waals surface area contributed by atoms with E-state index >= 15 is 0 Å². The minimum Gasteiger partial charge on any atom is -0.496 e. The summed E-state index contributed by atoms with van der Waals surface area (Å²) in [4.78, 5) is 25.2. The van der Waals surface area contributed by atoms with Crippen molar-refractivity contribution < 1.29 is 9.53 Å². The number of fused-ring (bicyclic) bond motifs is 1. The van der Waals surface area contributed by atoms with Crippen molar-refractivity contribution in [1.29, 1.82) is 5.26 Å². The largest absolute Gasteiger partial charge is 0.496 e. The summed E-state index contributed by atoms with van der Waals surface area (Å²) in [5.41, 5.74) is 3.94. The molecule has 2 aromatic carbocycles. The number of hydrogen-bond acceptors (Lipinski definition) is 5. The van der Waals surface area contributed by atoms with Crippen molar-refractivity contribution in [3.8, 4) is 23.1 Å². The van der Waals surface area contributed by atoms with Crippen LogP contribution in [-0.4, -0.2) is 43.6 Å². The number of aromatic nitrogens is 4. The summed E-state index contributed by atoms with van der Waals surface area (Å²) < 4.78 is 9.62. The van der Waals surface area contributed by atoms with Gasteiger partial charge in [-0.05, 0) is 35.7 Å². The number of methoxy groups -OCH3 is 1. The van der Waals surface area contributed by atoms with Gasteiger partial charge in [-0.2, -0.15) is 5.26 Å². The number of carbonyl (C=O) groups excluding carboxylic acids is 1. The Morgan fingerprint density at radius 3 is 2.70 bits per heavy atom. The molecule has 2 atom stereocenters. The Labute approximate surface area is 216 Å². The number of carbonyl (C=O) groups is 1. The quantitative estimate of drug-likeness (QED) is 0.364. The first-order valence-corrected chi connectivity index (χ1v) is 12.5. The predicted octanol–water partition coefficient (Wildman–Crippen LogP) is 4.92. The van der Waals surface area contributed by atoms with Crippen LogP contribution >= 0.6 is 0 Å². The second-order valence-corrected chi connectivity index (χ2v) is 9.42. The minimum atomic E-state index is -0.159. The van der Waals surface area contributed by atoms with Gasteiger partial charge >= 0.3 is 0 Å². The highest BCUT2D eigenvalue weighted by molar-refractivity contribution is 5.93. The molecule has 1 aliphatic rings. The zero-order valence-corrected chi connectivity index (χ0v) is 21.3. The topological polar surface area (TPSA) is 89.0 Å². The van der Waals surface area contributed by atoms with E-state index in [-0.39, 0.29) is 17.9 Å². The number of amides is 1. The van der Waals surface area contributed by atoms with E-state index in [1.807, 2.05) is 45.9 Å². The smallest absolute Gasteiger partial charge is 0.272 e. The maximum atomic E-state index is 14.0. The molecule has 1 unspecified atom stereocenters. The molecule has 0 saturated carbocycles. The maximum Gasteiger partial charge on any atom is 0.272 e. The van der Waals surface area contributed by atoms with Gasteiger partial charge in [0.2, 0.25) is 0 Å². The van der Waals surface area contributed by atoms with E-state index in [1.54, 1.807) is 31.8 Å². The highest BCUT2D eigenvalue weighted by Gasteiger charge is 2.37. The predicted molar refractivity (Wildman–Crippen MR) is 140 cm³/mol. The van der Waals surface area contributed by atoms with Gasteiger partial charge < -0.3 is 18.8 Å². The third-order valence-electron chi connectivity index (χ3n) is 7.18. The lowest BCUT2D eigenvalue weighted by molar-refractivity contribution is 0.0518. The van der Waals surface area contributed by atoms with Crippen LogP contribution in [0.4, 0.5) is 0 Å². The van der Waals surface area contributed by atoms with Gasteiger partial charge in [0.1, 0.15) is 17.3 Å². The molecule has 1 aliphatic heterocycles. The summed E-state index contributed by atoms with van der Waals surface area (Å²) in [7, 11) is 1.66. The molecule has 5 rings (SSSR count). The van der Waals surface area contributed by atoms with Crippen LogP contribution in [-0.2, 0) is 13.1 Å². The summed E-state index contributed by atoms with van der Waals surface area (Å²) >= 11 is 0. The summed E-state index contributed by atoms with van der Waals surface area (Å²) in [6, 6.07) is 17.2. The molecule has 37 heavy (non-hydrogen) atoms. The number of nitriles is 1. The van der Waals surface area contributed by atoms with Crippen molar-refractivity contribution in [3.63, 3.8) is 0 Å². The fraction of sp³-hybridized carbons (Fsp3) is 0.310. The third-order valence-corrected chi connectivity index (χ3v) is 7.18. The highest BCUT2D eigenvalue weighted by Crippen LogP contribution is 2.37. The Morgan fingerprint density at radius 2 is 1.97 bits per heavy atom. The molecule has 0 bridgehead atoms. The summed E-state index contributed by atoms with van der Waals surface area (Å²) in [6.45, 7) is 6.07. The van der Waals surface area contributed by atoms with Gasteiger partial charge in [0.25, 0.3) is 5.91 Å². The van der Waals surface area contributed by atoms with Crippen molar-refractivity contribution in [1.82, 2.24) is 24.0 Å². The van der Waals surface area contributed by atoms with Gasteiger partial charge in [-0.3, -0.25) is 4.79 Å². The van der Waals surface area contributed by atoms with Gasteiger partial charge in [-0.1, -0.05) is 44.5 Å². The molecule has 0 fully saturated rings. The van der Waals surface area contributed by atoms with Crippen LogP contribution in [0.25, 0.3) is 11.3 Å². The van der Waals surface area contributed by atoms with E-state index < -0.39 is 0 Å². The second kappa shape index (κ2) is 10.3. The molecule has 8 heteroatoms. The van der Waals surface area contributed by atoms with Crippen molar-refractivity contribution >= 4 is 5.91 Å². The van der Waals surface area contributed by atoms with Crippen LogP contribution in [0.3, 0.4) is 0 Å². The van der Waals surface area contributed by atoms with Gasteiger partial charge in [-0.15, -0.1) is 0 Å². The van der Waals surface area contributed by atoms with E-state index in [9.17, 15) is 4.79 Å². The van der Waals surface area contributed by atoms with Crippen LogP contribution in [0.1, 0.15) is 53.7 Å². The fourth-order valence-corrected chi connectivity index (χ4v) is 4.99. The molecule has 2 aromatic heterocycles. The molecule has 0 aliphatic carbocycles. The van der Waals surface area contributed by atoms with Gasteiger partial charge in [0.15, 0.2) is 0 Å². The number of nitrogens with zero attached hydrogens (tertiary/aromatic N) is 6. The normalized spacial score (nSPS) is 15.6. The van der Waals surface area contributed by atoms with Gasteiger partial charge in [0, 0.05) is 31.4 Å². The Bertz CT molecular complexity index is 1450. The molecular weight excluding hydrogens is 464 g/mol. The standard InChI is InChI=1S/C29H30N6O2/c1-4-20(2)27-28-32-24(23-7-5-6-8-26(23)37-3)18-33(28)13-14-35(27)29(36)25-16-31-19-34(25)17-22-11-9-21(15-30)10-12-22/h5-12,16,18-20,27H,4,13-14,17H2,1-3H3/t20?,27-/m0/s1. The average molecular weight is 495 g/mol. The van der Waals surface area contributed by atoms with Crippen molar-refractivity contribution in [2.45, 2.75) is 39.4 Å². The molecule has 8 nitrogen and oxygen atoms in total. The lowest BCUT2D eigenvalue weighted by Gasteiger charge is -2.39. The van der Waals surface area contributed by atoms with E-state index in [0.29, 0.717) is 30.9 Å². The van der Waals surface area contributed by atoms with Crippen molar-refractivity contribution in [2.75, 3.05) is 13.7 Å². The lowest BCUT2D eigenvalue weighted by Crippen LogP contribution is -2.45. The van der Waals surface area contributed by atoms with Crippen LogP contribution in [0.15, 0.2) is 67.3 Å². The molecule has 1 amide bonds. The number of benzene rings is 2. The number of para-hydroxylation sites is 1. The minimum absolute atomic E-state index is 0.0514. The van der Waals surface area contributed by atoms with Gasteiger partial charge in [-0.25, -0.2) is 9.97 Å². The first kappa shape index (κ1) is 24.3. The van der Waals surface area contributed by atoms with E-state index in [4.69, 9.17) is 15.0 Å². The SMILES string of the molecule is CCC(C)[C@H]1c2nc(-c3ccccc3OC)cn2CCN1C(=O)c1cncn1Cc1ccc(C#N)cc1.